The highest BCUT2D eigenvalue weighted by Crippen LogP contribution is 2.23. The molecular formula is C16H16ClNO3. The molecule has 2 aromatic carbocycles. The molecule has 4 nitrogen and oxygen atoms in total. The van der Waals surface area contributed by atoms with E-state index in [4.69, 9.17) is 26.8 Å². The Morgan fingerprint density at radius 3 is 2.67 bits per heavy atom. The number of methoxy groups -OCH3 is 1. The highest BCUT2D eigenvalue weighted by molar-refractivity contribution is 6.31. The van der Waals surface area contributed by atoms with E-state index in [9.17, 15) is 4.79 Å². The van der Waals surface area contributed by atoms with E-state index in [0.717, 1.165) is 11.1 Å². The van der Waals surface area contributed by atoms with E-state index < -0.39 is 5.97 Å². The predicted molar refractivity (Wildman–Crippen MR) is 82.7 cm³/mol. The second kappa shape index (κ2) is 6.50. The monoisotopic (exact) mass is 305 g/mol. The maximum Gasteiger partial charge on any atom is 0.342 e. The molecular weight excluding hydrogens is 290 g/mol. The van der Waals surface area contributed by atoms with E-state index in [2.05, 4.69) is 0 Å². The van der Waals surface area contributed by atoms with Gasteiger partial charge in [-0.05, 0) is 36.8 Å². The first kappa shape index (κ1) is 15.2. The Bertz CT molecular complexity index is 671. The fraction of sp³-hybridized carbons (Fsp3) is 0.188. The van der Waals surface area contributed by atoms with E-state index in [-0.39, 0.29) is 6.61 Å². The largest absolute Gasteiger partial charge is 0.496 e. The van der Waals surface area contributed by atoms with Gasteiger partial charge in [-0.15, -0.1) is 0 Å². The lowest BCUT2D eigenvalue weighted by Crippen LogP contribution is -2.08. The van der Waals surface area contributed by atoms with Crippen molar-refractivity contribution < 1.29 is 14.3 Å². The molecule has 0 fully saturated rings. The number of esters is 1. The van der Waals surface area contributed by atoms with Crippen LogP contribution in [-0.2, 0) is 11.3 Å². The Kier molecular flexibility index (Phi) is 4.70. The second-order valence-corrected chi connectivity index (χ2v) is 5.04. The number of nitrogen functional groups attached to an aromatic ring is 1. The number of benzene rings is 2. The summed E-state index contributed by atoms with van der Waals surface area (Å²) in [6.07, 6.45) is 0. The summed E-state index contributed by atoms with van der Waals surface area (Å²) in [5.74, 6) is -0.0833. The van der Waals surface area contributed by atoms with Gasteiger partial charge in [-0.3, -0.25) is 0 Å². The van der Waals surface area contributed by atoms with Crippen molar-refractivity contribution >= 4 is 23.3 Å². The van der Waals surface area contributed by atoms with Gasteiger partial charge in [-0.25, -0.2) is 4.79 Å². The molecule has 0 heterocycles. The van der Waals surface area contributed by atoms with Crippen LogP contribution in [0.5, 0.6) is 5.75 Å². The van der Waals surface area contributed by atoms with Gasteiger partial charge in [-0.2, -0.15) is 0 Å². The molecule has 110 valence electrons. The van der Waals surface area contributed by atoms with Gasteiger partial charge in [0.15, 0.2) is 0 Å². The predicted octanol–water partition coefficient (Wildman–Crippen LogP) is 3.60. The molecule has 0 amide bonds. The first-order chi connectivity index (χ1) is 10.0. The summed E-state index contributed by atoms with van der Waals surface area (Å²) in [6, 6.07) is 10.4. The van der Waals surface area contributed by atoms with Crippen molar-refractivity contribution in [3.63, 3.8) is 0 Å². The van der Waals surface area contributed by atoms with Crippen LogP contribution in [0, 0.1) is 6.92 Å². The number of hydrogen-bond acceptors (Lipinski definition) is 4. The molecule has 2 aromatic rings. The molecule has 0 aromatic heterocycles. The van der Waals surface area contributed by atoms with Crippen molar-refractivity contribution in [2.45, 2.75) is 13.5 Å². The van der Waals surface area contributed by atoms with Crippen LogP contribution in [-0.4, -0.2) is 13.1 Å². The normalized spacial score (nSPS) is 10.2. The molecule has 0 unspecified atom stereocenters. The molecule has 0 saturated carbocycles. The van der Waals surface area contributed by atoms with E-state index in [0.29, 0.717) is 22.0 Å². The molecule has 0 bridgehead atoms. The van der Waals surface area contributed by atoms with Crippen molar-refractivity contribution in [1.29, 1.82) is 0 Å². The fourth-order valence-electron chi connectivity index (χ4n) is 1.88. The van der Waals surface area contributed by atoms with Crippen LogP contribution >= 0.6 is 11.6 Å². The van der Waals surface area contributed by atoms with Crippen LogP contribution in [0.25, 0.3) is 0 Å². The summed E-state index contributed by atoms with van der Waals surface area (Å²) >= 11 is 6.11. The van der Waals surface area contributed by atoms with Gasteiger partial charge in [-0.1, -0.05) is 23.7 Å². The zero-order chi connectivity index (χ0) is 15.4. The van der Waals surface area contributed by atoms with Gasteiger partial charge in [0.05, 0.1) is 7.11 Å². The van der Waals surface area contributed by atoms with Crippen molar-refractivity contribution in [1.82, 2.24) is 0 Å². The first-order valence-corrected chi connectivity index (χ1v) is 6.74. The average molecular weight is 306 g/mol. The zero-order valence-corrected chi connectivity index (χ0v) is 12.6. The summed E-state index contributed by atoms with van der Waals surface area (Å²) < 4.78 is 10.4. The third kappa shape index (κ3) is 3.67. The molecule has 0 aliphatic rings. The summed E-state index contributed by atoms with van der Waals surface area (Å²) in [6.45, 7) is 2.04. The van der Waals surface area contributed by atoms with E-state index >= 15 is 0 Å². The van der Waals surface area contributed by atoms with E-state index in [1.165, 1.54) is 13.2 Å². The molecule has 0 aliphatic carbocycles. The summed E-state index contributed by atoms with van der Waals surface area (Å²) in [7, 11) is 1.49. The molecule has 21 heavy (non-hydrogen) atoms. The van der Waals surface area contributed by atoms with Crippen LogP contribution in [0.2, 0.25) is 5.02 Å². The topological polar surface area (TPSA) is 61.5 Å². The third-order valence-electron chi connectivity index (χ3n) is 3.01. The second-order valence-electron chi connectivity index (χ2n) is 4.63. The van der Waals surface area contributed by atoms with Crippen LogP contribution in [0.15, 0.2) is 36.4 Å². The maximum absolute atomic E-state index is 12.1. The number of carbonyl (C=O) groups is 1. The molecule has 2 rings (SSSR count). The summed E-state index contributed by atoms with van der Waals surface area (Å²) in [5.41, 5.74) is 8.24. The smallest absolute Gasteiger partial charge is 0.342 e. The lowest BCUT2D eigenvalue weighted by atomic mass is 10.1. The molecule has 5 heteroatoms. The van der Waals surface area contributed by atoms with Crippen molar-refractivity contribution in [2.24, 2.45) is 0 Å². The SMILES string of the molecule is COc1ccc(N)cc1C(=O)OCc1ccc(C)cc1Cl. The first-order valence-electron chi connectivity index (χ1n) is 6.37. The van der Waals surface area contributed by atoms with Gasteiger partial charge < -0.3 is 15.2 Å². The van der Waals surface area contributed by atoms with E-state index in [1.807, 2.05) is 25.1 Å². The quantitative estimate of drug-likeness (QED) is 0.692. The number of halogens is 1. The lowest BCUT2D eigenvalue weighted by Gasteiger charge is -2.10. The number of hydrogen-bond donors (Lipinski definition) is 1. The van der Waals surface area contributed by atoms with Gasteiger partial charge in [0.1, 0.15) is 17.9 Å². The Labute approximate surface area is 128 Å². The Balaban J connectivity index is 2.13. The van der Waals surface area contributed by atoms with Crippen molar-refractivity contribution in [3.05, 3.63) is 58.1 Å². The maximum atomic E-state index is 12.1. The Morgan fingerprint density at radius 2 is 2.00 bits per heavy atom. The number of anilines is 1. The minimum absolute atomic E-state index is 0.0932. The lowest BCUT2D eigenvalue weighted by molar-refractivity contribution is 0.0469. The number of nitrogens with two attached hydrogens (primary N) is 1. The van der Waals surface area contributed by atoms with Crippen molar-refractivity contribution in [3.8, 4) is 5.75 Å². The van der Waals surface area contributed by atoms with Crippen LogP contribution in [0.1, 0.15) is 21.5 Å². The highest BCUT2D eigenvalue weighted by atomic mass is 35.5. The highest BCUT2D eigenvalue weighted by Gasteiger charge is 2.15. The number of ether oxygens (including phenoxy) is 2. The standard InChI is InChI=1S/C16H16ClNO3/c1-10-3-4-11(14(17)7-10)9-21-16(19)13-8-12(18)5-6-15(13)20-2/h3-8H,9,18H2,1-2H3. The molecule has 0 spiro atoms. The van der Waals surface area contributed by atoms with Crippen LogP contribution in [0.3, 0.4) is 0 Å². The van der Waals surface area contributed by atoms with Gasteiger partial charge in [0.2, 0.25) is 0 Å². The minimum atomic E-state index is -0.504. The zero-order valence-electron chi connectivity index (χ0n) is 11.9. The van der Waals surface area contributed by atoms with Gasteiger partial charge in [0.25, 0.3) is 0 Å². The third-order valence-corrected chi connectivity index (χ3v) is 3.36. The average Bonchev–Trinajstić information content (AvgIpc) is 2.46. The number of carbonyl (C=O) groups excluding carboxylic acids is 1. The molecule has 0 saturated heterocycles. The Hall–Kier alpha value is -2.20. The minimum Gasteiger partial charge on any atom is -0.496 e. The van der Waals surface area contributed by atoms with Crippen LogP contribution in [0.4, 0.5) is 5.69 Å². The van der Waals surface area contributed by atoms with E-state index in [1.54, 1.807) is 12.1 Å². The summed E-state index contributed by atoms with van der Waals surface area (Å²) in [5, 5.41) is 0.572. The fourth-order valence-corrected chi connectivity index (χ4v) is 2.17. The molecule has 0 atom stereocenters. The molecule has 0 radical (unpaired) electrons. The van der Waals surface area contributed by atoms with Gasteiger partial charge >= 0.3 is 5.97 Å². The summed E-state index contributed by atoms with van der Waals surface area (Å²) in [4.78, 5) is 12.1. The Morgan fingerprint density at radius 1 is 1.24 bits per heavy atom. The number of aryl methyl sites for hydroxylation is 1. The number of rotatable bonds is 4. The van der Waals surface area contributed by atoms with Gasteiger partial charge in [0, 0.05) is 16.3 Å². The molecule has 2 N–H and O–H groups in total. The molecule has 0 aliphatic heterocycles. The van der Waals surface area contributed by atoms with Crippen LogP contribution < -0.4 is 10.5 Å². The van der Waals surface area contributed by atoms with Crippen molar-refractivity contribution in [2.75, 3.05) is 12.8 Å².